The summed E-state index contributed by atoms with van der Waals surface area (Å²) in [5, 5.41) is 1.41. The highest BCUT2D eigenvalue weighted by atomic mass is 35.5. The molecule has 0 saturated heterocycles. The number of hydrogen-bond donors (Lipinski definition) is 1. The quantitative estimate of drug-likeness (QED) is 0.470. The van der Waals surface area contributed by atoms with Gasteiger partial charge in [-0.25, -0.2) is 5.01 Å². The fourth-order valence-electron chi connectivity index (χ4n) is 1.90. The number of halogens is 4. The van der Waals surface area contributed by atoms with Crippen molar-refractivity contribution in [2.45, 2.75) is 26.3 Å². The minimum absolute atomic E-state index is 0. The van der Waals surface area contributed by atoms with Gasteiger partial charge in [0.25, 0.3) is 11.1 Å². The van der Waals surface area contributed by atoms with E-state index in [1.54, 1.807) is 48.5 Å². The Labute approximate surface area is 188 Å². The van der Waals surface area contributed by atoms with Crippen molar-refractivity contribution in [2.24, 2.45) is 0 Å². The Kier molecular flexibility index (Phi) is 14.2. The first kappa shape index (κ1) is 28.9. The molecule has 156 valence electrons. The molecule has 0 aliphatic heterocycles. The van der Waals surface area contributed by atoms with E-state index in [0.29, 0.717) is 16.1 Å². The summed E-state index contributed by atoms with van der Waals surface area (Å²) < 4.78 is 0. The summed E-state index contributed by atoms with van der Waals surface area (Å²) in [6.45, 7) is 5.69. The van der Waals surface area contributed by atoms with Crippen LogP contribution in [0.5, 0.6) is 0 Å². The van der Waals surface area contributed by atoms with Crippen molar-refractivity contribution in [2.75, 3.05) is 7.11 Å². The Morgan fingerprint density at radius 1 is 0.964 bits per heavy atom. The van der Waals surface area contributed by atoms with Gasteiger partial charge in [0.1, 0.15) is 0 Å². The summed E-state index contributed by atoms with van der Waals surface area (Å²) in [6, 6.07) is 15.7. The predicted octanol–water partition coefficient (Wildman–Crippen LogP) is 5.56. The molecule has 0 atom stereocenters. The molecule has 28 heavy (non-hydrogen) atoms. The highest BCUT2D eigenvalue weighted by Gasteiger charge is 2.28. The lowest BCUT2D eigenvalue weighted by Crippen LogP contribution is -2.53. The molecule has 0 aliphatic rings. The van der Waals surface area contributed by atoms with Crippen LogP contribution in [0, 0.1) is 0 Å². The lowest BCUT2D eigenvalue weighted by Gasteiger charge is -2.34. The summed E-state index contributed by atoms with van der Waals surface area (Å²) >= 11 is 11.2. The fourth-order valence-corrected chi connectivity index (χ4v) is 2.24. The zero-order valence-electron chi connectivity index (χ0n) is 15.9. The number of nitrogens with zero attached hydrogens (tertiary/aromatic N) is 1. The van der Waals surface area contributed by atoms with E-state index in [1.807, 2.05) is 26.8 Å². The molecule has 0 bridgehead atoms. The Hall–Kier alpha value is -1.34. The number of amides is 1. The van der Waals surface area contributed by atoms with Crippen LogP contribution in [0.1, 0.15) is 41.5 Å². The van der Waals surface area contributed by atoms with Crippen LogP contribution in [0.15, 0.2) is 54.6 Å². The van der Waals surface area contributed by atoms with E-state index in [0.717, 1.165) is 0 Å². The maximum atomic E-state index is 12.3. The van der Waals surface area contributed by atoms with Gasteiger partial charge in [-0.2, -0.15) is 0 Å². The lowest BCUT2D eigenvalue weighted by molar-refractivity contribution is -0.0762. The number of hydrazine groups is 1. The molecule has 2 aromatic carbocycles. The third-order valence-electron chi connectivity index (χ3n) is 3.16. The second-order valence-corrected chi connectivity index (χ2v) is 6.98. The van der Waals surface area contributed by atoms with Gasteiger partial charge in [-0.05, 0) is 44.5 Å². The summed E-state index contributed by atoms with van der Waals surface area (Å²) in [4.78, 5) is 27.5. The fraction of sp³-hybridized carbons (Fsp3) is 0.263. The van der Waals surface area contributed by atoms with Gasteiger partial charge in [-0.15, -0.1) is 30.4 Å². The van der Waals surface area contributed by atoms with Crippen molar-refractivity contribution >= 4 is 59.2 Å². The molecule has 5 nitrogen and oxygen atoms in total. The number of carbonyl (C=O) groups is 2. The number of rotatable bonds is 4. The summed E-state index contributed by atoms with van der Waals surface area (Å²) in [6.07, 6.45) is 0. The zero-order valence-corrected chi connectivity index (χ0v) is 19.1. The minimum Gasteiger partial charge on any atom is -0.285 e. The van der Waals surface area contributed by atoms with Crippen molar-refractivity contribution in [1.82, 2.24) is 10.6 Å². The molecule has 0 unspecified atom stereocenters. The van der Waals surface area contributed by atoms with Gasteiger partial charge in [-0.1, -0.05) is 54.1 Å². The molecule has 0 fully saturated rings. The SMILES string of the molecule is CONN(C(=O)c1ccccc1Cl)C(C)(C)C.Cl.Cl.O=C(Cl)c1ccccc1. The molecule has 2 rings (SSSR count). The topological polar surface area (TPSA) is 58.6 Å². The van der Waals surface area contributed by atoms with Crippen LogP contribution in [-0.4, -0.2) is 28.8 Å². The average Bonchev–Trinajstić information content (AvgIpc) is 2.60. The van der Waals surface area contributed by atoms with E-state index in [9.17, 15) is 9.59 Å². The molecule has 9 heteroatoms. The van der Waals surface area contributed by atoms with Crippen molar-refractivity contribution in [3.05, 3.63) is 70.7 Å². The smallest absolute Gasteiger partial charge is 0.271 e. The third kappa shape index (κ3) is 9.24. The Morgan fingerprint density at radius 2 is 1.46 bits per heavy atom. The predicted molar refractivity (Wildman–Crippen MR) is 119 cm³/mol. The van der Waals surface area contributed by atoms with Crippen LogP contribution in [0.2, 0.25) is 5.02 Å². The van der Waals surface area contributed by atoms with Crippen molar-refractivity contribution in [1.29, 1.82) is 0 Å². The van der Waals surface area contributed by atoms with Crippen LogP contribution in [0.3, 0.4) is 0 Å². The van der Waals surface area contributed by atoms with E-state index in [4.69, 9.17) is 28.0 Å². The summed E-state index contributed by atoms with van der Waals surface area (Å²) in [5.74, 6) is -0.232. The lowest BCUT2D eigenvalue weighted by atomic mass is 10.1. The van der Waals surface area contributed by atoms with Gasteiger partial charge in [0.15, 0.2) is 0 Å². The maximum absolute atomic E-state index is 12.3. The van der Waals surface area contributed by atoms with Gasteiger partial charge in [0.05, 0.1) is 23.2 Å². The van der Waals surface area contributed by atoms with Crippen molar-refractivity contribution in [3.8, 4) is 0 Å². The first-order valence-electron chi connectivity index (χ1n) is 7.81. The number of nitrogens with one attached hydrogen (secondary N) is 1. The van der Waals surface area contributed by atoms with Gasteiger partial charge in [-0.3, -0.25) is 14.4 Å². The second kappa shape index (κ2) is 13.8. The van der Waals surface area contributed by atoms with Crippen LogP contribution in [0.25, 0.3) is 0 Å². The number of benzene rings is 2. The average molecular weight is 470 g/mol. The van der Waals surface area contributed by atoms with Crippen molar-refractivity contribution in [3.63, 3.8) is 0 Å². The van der Waals surface area contributed by atoms with Gasteiger partial charge < -0.3 is 0 Å². The maximum Gasteiger partial charge on any atom is 0.271 e. The van der Waals surface area contributed by atoms with Crippen LogP contribution in [-0.2, 0) is 4.84 Å². The molecule has 0 saturated carbocycles. The van der Waals surface area contributed by atoms with E-state index in [2.05, 4.69) is 5.59 Å². The van der Waals surface area contributed by atoms with Gasteiger partial charge in [0.2, 0.25) is 0 Å². The minimum atomic E-state index is -0.424. The summed E-state index contributed by atoms with van der Waals surface area (Å²) in [5.41, 5.74) is 3.13. The van der Waals surface area contributed by atoms with E-state index >= 15 is 0 Å². The molecule has 2 aromatic rings. The molecule has 0 aliphatic carbocycles. The first-order valence-corrected chi connectivity index (χ1v) is 8.56. The van der Waals surface area contributed by atoms with E-state index < -0.39 is 10.8 Å². The van der Waals surface area contributed by atoms with Crippen LogP contribution < -0.4 is 5.59 Å². The number of hydrogen-bond acceptors (Lipinski definition) is 4. The Morgan fingerprint density at radius 3 is 1.86 bits per heavy atom. The van der Waals surface area contributed by atoms with Gasteiger partial charge in [0, 0.05) is 5.56 Å². The van der Waals surface area contributed by atoms with Crippen molar-refractivity contribution < 1.29 is 14.4 Å². The van der Waals surface area contributed by atoms with E-state index in [1.165, 1.54) is 12.1 Å². The summed E-state index contributed by atoms with van der Waals surface area (Å²) in [7, 11) is 1.46. The van der Waals surface area contributed by atoms with Crippen LogP contribution in [0.4, 0.5) is 0 Å². The number of carbonyl (C=O) groups excluding carboxylic acids is 2. The molecule has 0 radical (unpaired) electrons. The largest absolute Gasteiger partial charge is 0.285 e. The molecular formula is C19H24Cl4N2O3. The second-order valence-electron chi connectivity index (χ2n) is 6.23. The molecule has 1 amide bonds. The molecule has 0 heterocycles. The monoisotopic (exact) mass is 468 g/mol. The normalized spacial score (nSPS) is 9.79. The van der Waals surface area contributed by atoms with Gasteiger partial charge >= 0.3 is 0 Å². The highest BCUT2D eigenvalue weighted by Crippen LogP contribution is 2.20. The Balaban J connectivity index is 0. The van der Waals surface area contributed by atoms with Crippen LogP contribution >= 0.6 is 48.0 Å². The standard InChI is InChI=1S/C12H17ClN2O2.C7H5ClO.2ClH/c1-12(2,3)15(14-17-4)11(16)9-7-5-6-8-10(9)13;8-7(9)6-4-2-1-3-5-6;;/h5-8,14H,1-4H3;1-5H;2*1H. The first-order chi connectivity index (χ1) is 12.2. The zero-order chi connectivity index (χ0) is 19.7. The molecular weight excluding hydrogens is 446 g/mol. The third-order valence-corrected chi connectivity index (χ3v) is 3.71. The Bertz CT molecular complexity index is 737. The molecule has 0 aromatic heterocycles. The molecule has 1 N–H and O–H groups in total. The highest BCUT2D eigenvalue weighted by molar-refractivity contribution is 6.67. The molecule has 0 spiro atoms. The van der Waals surface area contributed by atoms with E-state index in [-0.39, 0.29) is 30.7 Å².